The first-order valence-corrected chi connectivity index (χ1v) is 5.70. The van der Waals surface area contributed by atoms with Gasteiger partial charge in [0, 0.05) is 18.2 Å². The summed E-state index contributed by atoms with van der Waals surface area (Å²) in [6.07, 6.45) is 1.69. The zero-order chi connectivity index (χ0) is 12.8. The first-order chi connectivity index (χ1) is 8.00. The molecule has 17 heavy (non-hydrogen) atoms. The van der Waals surface area contributed by atoms with Crippen LogP contribution in [0.5, 0.6) is 0 Å². The Morgan fingerprint density at radius 2 is 2.24 bits per heavy atom. The standard InChI is InChI=1S/C14H19NO2/c1-10-5-4-6-13(9-10)12(3)15-8-7-11(2)14(16)17/h4-7,9,12,15H,8H2,1-3H3,(H,16,17)/b11-7-/t12-/m1/s1. The van der Waals surface area contributed by atoms with E-state index < -0.39 is 5.97 Å². The second kappa shape index (κ2) is 6.21. The van der Waals surface area contributed by atoms with E-state index in [1.807, 2.05) is 6.07 Å². The van der Waals surface area contributed by atoms with Crippen molar-refractivity contribution in [2.24, 2.45) is 0 Å². The van der Waals surface area contributed by atoms with Crippen molar-refractivity contribution in [3.05, 3.63) is 47.0 Å². The Kier molecular flexibility index (Phi) is 4.91. The summed E-state index contributed by atoms with van der Waals surface area (Å²) in [5.41, 5.74) is 2.81. The second-order valence-corrected chi connectivity index (χ2v) is 4.24. The Bertz CT molecular complexity index is 424. The number of carboxylic acids is 1. The molecule has 2 N–H and O–H groups in total. The van der Waals surface area contributed by atoms with Crippen molar-refractivity contribution >= 4 is 5.97 Å². The topological polar surface area (TPSA) is 49.3 Å². The smallest absolute Gasteiger partial charge is 0.330 e. The largest absolute Gasteiger partial charge is 0.478 e. The van der Waals surface area contributed by atoms with Crippen molar-refractivity contribution in [2.45, 2.75) is 26.8 Å². The molecule has 0 aromatic heterocycles. The monoisotopic (exact) mass is 233 g/mol. The van der Waals surface area contributed by atoms with Crippen LogP contribution in [0.2, 0.25) is 0 Å². The van der Waals surface area contributed by atoms with Gasteiger partial charge in [0.05, 0.1) is 0 Å². The van der Waals surface area contributed by atoms with Crippen LogP contribution in [0, 0.1) is 6.92 Å². The van der Waals surface area contributed by atoms with E-state index in [1.54, 1.807) is 13.0 Å². The second-order valence-electron chi connectivity index (χ2n) is 4.24. The molecule has 1 aromatic rings. The van der Waals surface area contributed by atoms with Crippen LogP contribution in [-0.4, -0.2) is 17.6 Å². The Hall–Kier alpha value is -1.61. The molecule has 0 bridgehead atoms. The van der Waals surface area contributed by atoms with E-state index in [2.05, 4.69) is 37.4 Å². The molecular formula is C14H19NO2. The number of hydrogen-bond acceptors (Lipinski definition) is 2. The molecule has 0 saturated heterocycles. The number of aliphatic carboxylic acids is 1. The number of hydrogen-bond donors (Lipinski definition) is 2. The van der Waals surface area contributed by atoms with Gasteiger partial charge in [-0.05, 0) is 26.3 Å². The maximum atomic E-state index is 10.6. The minimum atomic E-state index is -0.866. The summed E-state index contributed by atoms with van der Waals surface area (Å²) in [4.78, 5) is 10.6. The van der Waals surface area contributed by atoms with Crippen LogP contribution in [0.1, 0.15) is 31.0 Å². The average Bonchev–Trinajstić information content (AvgIpc) is 2.28. The van der Waals surface area contributed by atoms with Crippen LogP contribution in [-0.2, 0) is 4.79 Å². The first-order valence-electron chi connectivity index (χ1n) is 5.70. The van der Waals surface area contributed by atoms with Gasteiger partial charge in [-0.3, -0.25) is 0 Å². The highest BCUT2D eigenvalue weighted by Gasteiger charge is 2.04. The van der Waals surface area contributed by atoms with Crippen LogP contribution in [0.3, 0.4) is 0 Å². The van der Waals surface area contributed by atoms with Crippen LogP contribution >= 0.6 is 0 Å². The molecule has 3 heteroatoms. The van der Waals surface area contributed by atoms with E-state index >= 15 is 0 Å². The van der Waals surface area contributed by atoms with Crippen molar-refractivity contribution < 1.29 is 9.90 Å². The van der Waals surface area contributed by atoms with Gasteiger partial charge in [0.1, 0.15) is 0 Å². The number of carbonyl (C=O) groups is 1. The van der Waals surface area contributed by atoms with Gasteiger partial charge in [-0.2, -0.15) is 0 Å². The van der Waals surface area contributed by atoms with Crippen molar-refractivity contribution in [3.63, 3.8) is 0 Å². The van der Waals surface area contributed by atoms with Gasteiger partial charge in [-0.15, -0.1) is 0 Å². The maximum Gasteiger partial charge on any atom is 0.330 e. The van der Waals surface area contributed by atoms with Gasteiger partial charge >= 0.3 is 5.97 Å². The van der Waals surface area contributed by atoms with E-state index in [0.29, 0.717) is 12.1 Å². The highest BCUT2D eigenvalue weighted by atomic mass is 16.4. The predicted molar refractivity (Wildman–Crippen MR) is 69.0 cm³/mol. The molecule has 0 aliphatic heterocycles. The average molecular weight is 233 g/mol. The quantitative estimate of drug-likeness (QED) is 0.769. The molecule has 0 unspecified atom stereocenters. The number of carboxylic acid groups (broad SMARTS) is 1. The Balaban J connectivity index is 2.53. The van der Waals surface area contributed by atoms with Gasteiger partial charge in [0.2, 0.25) is 0 Å². The Labute approximate surface area is 102 Å². The lowest BCUT2D eigenvalue weighted by atomic mass is 10.1. The summed E-state index contributed by atoms with van der Waals surface area (Å²) in [7, 11) is 0. The summed E-state index contributed by atoms with van der Waals surface area (Å²) >= 11 is 0. The van der Waals surface area contributed by atoms with E-state index in [9.17, 15) is 4.79 Å². The molecule has 0 fully saturated rings. The first kappa shape index (κ1) is 13.5. The molecule has 1 rings (SSSR count). The molecule has 1 aromatic carbocycles. The number of nitrogens with one attached hydrogen (secondary N) is 1. The molecule has 0 radical (unpaired) electrons. The molecular weight excluding hydrogens is 214 g/mol. The third-order valence-corrected chi connectivity index (χ3v) is 2.71. The molecule has 1 atom stereocenters. The molecule has 92 valence electrons. The van der Waals surface area contributed by atoms with Gasteiger partial charge < -0.3 is 10.4 Å². The zero-order valence-electron chi connectivity index (χ0n) is 10.5. The van der Waals surface area contributed by atoms with E-state index in [1.165, 1.54) is 11.1 Å². The lowest BCUT2D eigenvalue weighted by Gasteiger charge is -2.13. The number of aryl methyl sites for hydroxylation is 1. The van der Waals surface area contributed by atoms with Crippen LogP contribution in [0.15, 0.2) is 35.9 Å². The third kappa shape index (κ3) is 4.41. The molecule has 0 spiro atoms. The predicted octanol–water partition coefficient (Wildman–Crippen LogP) is 2.68. The minimum absolute atomic E-state index is 0.216. The minimum Gasteiger partial charge on any atom is -0.478 e. The van der Waals surface area contributed by atoms with E-state index in [0.717, 1.165) is 0 Å². The van der Waals surface area contributed by atoms with Crippen molar-refractivity contribution in [1.82, 2.24) is 5.32 Å². The highest BCUT2D eigenvalue weighted by Crippen LogP contribution is 2.13. The fourth-order valence-corrected chi connectivity index (χ4v) is 1.53. The molecule has 0 aliphatic rings. The van der Waals surface area contributed by atoms with Crippen LogP contribution in [0.25, 0.3) is 0 Å². The highest BCUT2D eigenvalue weighted by molar-refractivity contribution is 5.85. The molecule has 0 amide bonds. The Morgan fingerprint density at radius 1 is 1.53 bits per heavy atom. The summed E-state index contributed by atoms with van der Waals surface area (Å²) < 4.78 is 0. The fourth-order valence-electron chi connectivity index (χ4n) is 1.53. The number of benzene rings is 1. The fraction of sp³-hybridized carbons (Fsp3) is 0.357. The molecule has 0 heterocycles. The molecule has 0 saturated carbocycles. The lowest BCUT2D eigenvalue weighted by molar-refractivity contribution is -0.132. The third-order valence-electron chi connectivity index (χ3n) is 2.71. The summed E-state index contributed by atoms with van der Waals surface area (Å²) in [6.45, 7) is 6.29. The van der Waals surface area contributed by atoms with Crippen molar-refractivity contribution in [2.75, 3.05) is 6.54 Å². The van der Waals surface area contributed by atoms with Crippen LogP contribution < -0.4 is 5.32 Å². The van der Waals surface area contributed by atoms with E-state index in [-0.39, 0.29) is 6.04 Å². The van der Waals surface area contributed by atoms with Gasteiger partial charge in [0.15, 0.2) is 0 Å². The molecule has 0 aliphatic carbocycles. The maximum absolute atomic E-state index is 10.6. The van der Waals surface area contributed by atoms with Crippen molar-refractivity contribution in [1.29, 1.82) is 0 Å². The normalized spacial score (nSPS) is 13.5. The van der Waals surface area contributed by atoms with Gasteiger partial charge in [0.25, 0.3) is 0 Å². The summed E-state index contributed by atoms with van der Waals surface area (Å²) in [6, 6.07) is 8.50. The molecule has 3 nitrogen and oxygen atoms in total. The summed E-state index contributed by atoms with van der Waals surface area (Å²) in [5, 5.41) is 12.0. The number of rotatable bonds is 5. The van der Waals surface area contributed by atoms with E-state index in [4.69, 9.17) is 5.11 Å². The zero-order valence-corrected chi connectivity index (χ0v) is 10.5. The SMILES string of the molecule is C/C(=C/CN[C@H](C)c1cccc(C)c1)C(=O)O. The Morgan fingerprint density at radius 3 is 2.82 bits per heavy atom. The summed E-state index contributed by atoms with van der Waals surface area (Å²) in [5.74, 6) is -0.866. The van der Waals surface area contributed by atoms with Gasteiger partial charge in [-0.25, -0.2) is 4.79 Å². The van der Waals surface area contributed by atoms with Crippen LogP contribution in [0.4, 0.5) is 0 Å². The van der Waals surface area contributed by atoms with Gasteiger partial charge in [-0.1, -0.05) is 35.9 Å². The lowest BCUT2D eigenvalue weighted by Crippen LogP contribution is -2.19. The van der Waals surface area contributed by atoms with Crippen molar-refractivity contribution in [3.8, 4) is 0 Å².